The molecule has 0 radical (unpaired) electrons. The van der Waals surface area contributed by atoms with Crippen molar-refractivity contribution in [2.75, 3.05) is 13.2 Å². The third-order valence-electron chi connectivity index (χ3n) is 3.19. The number of benzene rings is 2. The lowest BCUT2D eigenvalue weighted by atomic mass is 10.2. The molecule has 0 saturated carbocycles. The first-order valence-corrected chi connectivity index (χ1v) is 7.82. The number of hydrogen-bond donors (Lipinski definition) is 1. The van der Waals surface area contributed by atoms with Gasteiger partial charge < -0.3 is 14.8 Å². The Bertz CT molecular complexity index is 626. The van der Waals surface area contributed by atoms with Crippen molar-refractivity contribution in [2.45, 2.75) is 20.0 Å². The van der Waals surface area contributed by atoms with E-state index in [0.29, 0.717) is 23.9 Å². The van der Waals surface area contributed by atoms with Crippen molar-refractivity contribution in [3.05, 3.63) is 59.1 Å². The molecule has 0 bridgehead atoms. The van der Waals surface area contributed by atoms with E-state index >= 15 is 0 Å². The highest BCUT2D eigenvalue weighted by Gasteiger charge is 2.13. The number of amides is 1. The Kier molecular flexibility index (Phi) is 6.29. The van der Waals surface area contributed by atoms with E-state index in [4.69, 9.17) is 21.1 Å². The van der Waals surface area contributed by atoms with Crippen LogP contribution in [0, 0.1) is 6.92 Å². The Morgan fingerprint density at radius 3 is 2.35 bits per heavy atom. The number of ether oxygens (including phenoxy) is 2. The topological polar surface area (TPSA) is 47.6 Å². The molecule has 0 fully saturated rings. The second-order valence-corrected chi connectivity index (χ2v) is 5.60. The summed E-state index contributed by atoms with van der Waals surface area (Å²) in [7, 11) is 0. The Morgan fingerprint density at radius 2 is 1.70 bits per heavy atom. The van der Waals surface area contributed by atoms with E-state index in [0.717, 1.165) is 5.75 Å². The molecule has 122 valence electrons. The van der Waals surface area contributed by atoms with E-state index in [1.54, 1.807) is 31.2 Å². The monoisotopic (exact) mass is 333 g/mol. The van der Waals surface area contributed by atoms with Gasteiger partial charge in [0.25, 0.3) is 5.91 Å². The fraction of sp³-hybridized carbons (Fsp3) is 0.278. The Labute approximate surface area is 141 Å². The summed E-state index contributed by atoms with van der Waals surface area (Å²) >= 11 is 5.81. The molecule has 0 heterocycles. The van der Waals surface area contributed by atoms with Crippen LogP contribution in [0.25, 0.3) is 0 Å². The third-order valence-corrected chi connectivity index (χ3v) is 3.44. The average molecular weight is 334 g/mol. The predicted molar refractivity (Wildman–Crippen MR) is 91.2 cm³/mol. The average Bonchev–Trinajstić information content (AvgIpc) is 2.55. The summed E-state index contributed by atoms with van der Waals surface area (Å²) in [4.78, 5) is 12.0. The molecule has 2 aromatic carbocycles. The first kappa shape index (κ1) is 17.2. The molecule has 4 nitrogen and oxygen atoms in total. The van der Waals surface area contributed by atoms with E-state index in [9.17, 15) is 4.79 Å². The van der Waals surface area contributed by atoms with Crippen LogP contribution in [0.4, 0.5) is 0 Å². The summed E-state index contributed by atoms with van der Waals surface area (Å²) < 4.78 is 11.1. The van der Waals surface area contributed by atoms with Crippen LogP contribution >= 0.6 is 11.6 Å². The van der Waals surface area contributed by atoms with E-state index in [-0.39, 0.29) is 5.91 Å². The quantitative estimate of drug-likeness (QED) is 0.787. The van der Waals surface area contributed by atoms with Crippen LogP contribution in [-0.4, -0.2) is 25.2 Å². The highest BCUT2D eigenvalue weighted by molar-refractivity contribution is 6.30. The second kappa shape index (κ2) is 8.44. The van der Waals surface area contributed by atoms with E-state index in [1.165, 1.54) is 5.56 Å². The van der Waals surface area contributed by atoms with Gasteiger partial charge in [-0.05, 0) is 50.2 Å². The number of rotatable bonds is 7. The van der Waals surface area contributed by atoms with Gasteiger partial charge in [-0.1, -0.05) is 29.3 Å². The van der Waals surface area contributed by atoms with Gasteiger partial charge in [0.05, 0.1) is 6.54 Å². The van der Waals surface area contributed by atoms with Crippen LogP contribution < -0.4 is 14.8 Å². The van der Waals surface area contributed by atoms with Gasteiger partial charge in [0.1, 0.15) is 18.1 Å². The lowest BCUT2D eigenvalue weighted by Crippen LogP contribution is -2.38. The molecule has 1 amide bonds. The molecule has 5 heteroatoms. The third kappa shape index (κ3) is 5.83. The highest BCUT2D eigenvalue weighted by Crippen LogP contribution is 2.16. The summed E-state index contributed by atoms with van der Waals surface area (Å²) in [6.45, 7) is 4.54. The molecule has 1 atom stereocenters. The first-order chi connectivity index (χ1) is 11.0. The summed E-state index contributed by atoms with van der Waals surface area (Å²) in [6, 6.07) is 14.7. The number of hydrogen-bond acceptors (Lipinski definition) is 3. The predicted octanol–water partition coefficient (Wildman–Crippen LogP) is 3.61. The maximum Gasteiger partial charge on any atom is 0.260 e. The number of halogens is 1. The van der Waals surface area contributed by atoms with Crippen molar-refractivity contribution >= 4 is 17.5 Å². The van der Waals surface area contributed by atoms with Crippen LogP contribution in [0.2, 0.25) is 5.02 Å². The molecule has 2 rings (SSSR count). The van der Waals surface area contributed by atoms with Crippen LogP contribution in [0.3, 0.4) is 0 Å². The van der Waals surface area contributed by atoms with Gasteiger partial charge in [0, 0.05) is 5.02 Å². The van der Waals surface area contributed by atoms with Crippen molar-refractivity contribution in [2.24, 2.45) is 0 Å². The van der Waals surface area contributed by atoms with Gasteiger partial charge in [-0.25, -0.2) is 0 Å². The fourth-order valence-electron chi connectivity index (χ4n) is 1.89. The molecule has 0 aliphatic carbocycles. The zero-order valence-electron chi connectivity index (χ0n) is 13.2. The maximum absolute atomic E-state index is 12.0. The lowest BCUT2D eigenvalue weighted by Gasteiger charge is -2.15. The molecule has 0 unspecified atom stereocenters. The number of carbonyl (C=O) groups excluding carboxylic acids is 1. The SMILES string of the molecule is Cc1ccc(OCCNC(=O)[C@@H](C)Oc2ccc(Cl)cc2)cc1. The minimum Gasteiger partial charge on any atom is -0.492 e. The minimum absolute atomic E-state index is 0.188. The van der Waals surface area contributed by atoms with E-state index < -0.39 is 6.10 Å². The molecule has 2 aromatic rings. The Morgan fingerprint density at radius 1 is 1.09 bits per heavy atom. The number of aryl methyl sites for hydroxylation is 1. The van der Waals surface area contributed by atoms with Gasteiger partial charge in [-0.2, -0.15) is 0 Å². The van der Waals surface area contributed by atoms with Gasteiger partial charge in [-0.15, -0.1) is 0 Å². The molecular formula is C18H20ClNO3. The molecular weight excluding hydrogens is 314 g/mol. The van der Waals surface area contributed by atoms with Crippen molar-refractivity contribution in [3.63, 3.8) is 0 Å². The van der Waals surface area contributed by atoms with Crippen molar-refractivity contribution < 1.29 is 14.3 Å². The van der Waals surface area contributed by atoms with Crippen LogP contribution in [-0.2, 0) is 4.79 Å². The lowest BCUT2D eigenvalue weighted by molar-refractivity contribution is -0.127. The maximum atomic E-state index is 12.0. The highest BCUT2D eigenvalue weighted by atomic mass is 35.5. The molecule has 1 N–H and O–H groups in total. The summed E-state index contributed by atoms with van der Waals surface area (Å²) in [6.07, 6.45) is -0.587. The normalized spacial score (nSPS) is 11.6. The summed E-state index contributed by atoms with van der Waals surface area (Å²) in [5.41, 5.74) is 1.18. The van der Waals surface area contributed by atoms with E-state index in [1.807, 2.05) is 31.2 Å². The van der Waals surface area contributed by atoms with Gasteiger partial charge >= 0.3 is 0 Å². The molecule has 0 aliphatic rings. The smallest absolute Gasteiger partial charge is 0.260 e. The Balaban J connectivity index is 1.69. The van der Waals surface area contributed by atoms with E-state index in [2.05, 4.69) is 5.32 Å². The number of carbonyl (C=O) groups is 1. The van der Waals surface area contributed by atoms with Crippen molar-refractivity contribution in [1.29, 1.82) is 0 Å². The zero-order chi connectivity index (χ0) is 16.7. The largest absolute Gasteiger partial charge is 0.492 e. The second-order valence-electron chi connectivity index (χ2n) is 5.17. The standard InChI is InChI=1S/C18H20ClNO3/c1-13-3-7-16(8-4-13)22-12-11-20-18(21)14(2)23-17-9-5-15(19)6-10-17/h3-10,14H,11-12H2,1-2H3,(H,20,21)/t14-/m1/s1. The van der Waals surface area contributed by atoms with Crippen LogP contribution in [0.15, 0.2) is 48.5 Å². The van der Waals surface area contributed by atoms with Crippen LogP contribution in [0.5, 0.6) is 11.5 Å². The van der Waals surface area contributed by atoms with Crippen LogP contribution in [0.1, 0.15) is 12.5 Å². The van der Waals surface area contributed by atoms with Crippen molar-refractivity contribution in [1.82, 2.24) is 5.32 Å². The first-order valence-electron chi connectivity index (χ1n) is 7.44. The summed E-state index contributed by atoms with van der Waals surface area (Å²) in [5.74, 6) is 1.20. The van der Waals surface area contributed by atoms with Gasteiger partial charge in [-0.3, -0.25) is 4.79 Å². The molecule has 23 heavy (non-hydrogen) atoms. The zero-order valence-corrected chi connectivity index (χ0v) is 14.0. The Hall–Kier alpha value is -2.20. The molecule has 0 aromatic heterocycles. The summed E-state index contributed by atoms with van der Waals surface area (Å²) in [5, 5.41) is 3.41. The van der Waals surface area contributed by atoms with Gasteiger partial charge in [0.15, 0.2) is 6.10 Å². The van der Waals surface area contributed by atoms with Crippen molar-refractivity contribution in [3.8, 4) is 11.5 Å². The van der Waals surface area contributed by atoms with Gasteiger partial charge in [0.2, 0.25) is 0 Å². The minimum atomic E-state index is -0.587. The molecule has 0 saturated heterocycles. The molecule has 0 spiro atoms. The number of nitrogens with one attached hydrogen (secondary N) is 1. The molecule has 0 aliphatic heterocycles. The fourth-order valence-corrected chi connectivity index (χ4v) is 2.02.